The number of fused-ring (bicyclic) bond motifs is 1. The molecule has 3 rings (SSSR count). The highest BCUT2D eigenvalue weighted by molar-refractivity contribution is 7.89. The fourth-order valence-corrected chi connectivity index (χ4v) is 5.49. The SMILES string of the molecule is O=S(=O)(c1cnn(CCCCl)c1)N1CCCC2CCCC21. The van der Waals surface area contributed by atoms with Gasteiger partial charge in [0, 0.05) is 31.2 Å². The Kier molecular flexibility index (Phi) is 4.57. The first-order chi connectivity index (χ1) is 10.1. The van der Waals surface area contributed by atoms with Crippen LogP contribution >= 0.6 is 11.6 Å². The van der Waals surface area contributed by atoms with Crippen LogP contribution in [0.25, 0.3) is 0 Å². The predicted octanol–water partition coefficient (Wildman–Crippen LogP) is 2.47. The molecule has 1 saturated carbocycles. The first-order valence-corrected chi connectivity index (χ1v) is 9.70. The summed E-state index contributed by atoms with van der Waals surface area (Å²) in [6.07, 6.45) is 9.37. The summed E-state index contributed by atoms with van der Waals surface area (Å²) < 4.78 is 29.1. The van der Waals surface area contributed by atoms with Crippen LogP contribution in [0.1, 0.15) is 38.5 Å². The van der Waals surface area contributed by atoms with Crippen LogP contribution in [0.3, 0.4) is 0 Å². The Morgan fingerprint density at radius 2 is 2.10 bits per heavy atom. The van der Waals surface area contributed by atoms with Gasteiger partial charge in [0.15, 0.2) is 0 Å². The van der Waals surface area contributed by atoms with Crippen molar-refractivity contribution in [2.24, 2.45) is 5.92 Å². The standard InChI is InChI=1S/C14H22ClN3O2S/c15-7-3-8-17-11-13(10-16-17)21(19,20)18-9-2-5-12-4-1-6-14(12)18/h10-12,14H,1-9H2. The van der Waals surface area contributed by atoms with Gasteiger partial charge in [-0.2, -0.15) is 9.40 Å². The van der Waals surface area contributed by atoms with Crippen molar-refractivity contribution in [1.29, 1.82) is 0 Å². The topological polar surface area (TPSA) is 55.2 Å². The minimum atomic E-state index is -3.40. The van der Waals surface area contributed by atoms with Gasteiger partial charge < -0.3 is 0 Å². The van der Waals surface area contributed by atoms with Crippen LogP contribution in [0.5, 0.6) is 0 Å². The van der Waals surface area contributed by atoms with Crippen molar-refractivity contribution in [2.45, 2.75) is 56.0 Å². The summed E-state index contributed by atoms with van der Waals surface area (Å²) >= 11 is 5.66. The van der Waals surface area contributed by atoms with Crippen molar-refractivity contribution in [1.82, 2.24) is 14.1 Å². The molecule has 21 heavy (non-hydrogen) atoms. The molecule has 2 unspecified atom stereocenters. The summed E-state index contributed by atoms with van der Waals surface area (Å²) in [6.45, 7) is 1.31. The van der Waals surface area contributed by atoms with Crippen molar-refractivity contribution in [3.63, 3.8) is 0 Å². The van der Waals surface area contributed by atoms with Gasteiger partial charge in [0.05, 0.1) is 6.20 Å². The Bertz CT molecular complexity index is 587. The van der Waals surface area contributed by atoms with Gasteiger partial charge in [-0.1, -0.05) is 6.42 Å². The summed E-state index contributed by atoms with van der Waals surface area (Å²) in [4.78, 5) is 0.324. The lowest BCUT2D eigenvalue weighted by Crippen LogP contribution is -2.45. The Labute approximate surface area is 131 Å². The molecule has 0 amide bonds. The maximum atomic E-state index is 12.9. The van der Waals surface area contributed by atoms with Crippen molar-refractivity contribution in [2.75, 3.05) is 12.4 Å². The molecule has 0 radical (unpaired) electrons. The molecule has 1 saturated heterocycles. The Morgan fingerprint density at radius 3 is 2.90 bits per heavy atom. The predicted molar refractivity (Wildman–Crippen MR) is 81.8 cm³/mol. The number of aryl methyl sites for hydroxylation is 1. The highest BCUT2D eigenvalue weighted by Gasteiger charge is 2.41. The zero-order valence-corrected chi connectivity index (χ0v) is 13.7. The van der Waals surface area contributed by atoms with Crippen LogP contribution in [0.4, 0.5) is 0 Å². The van der Waals surface area contributed by atoms with E-state index < -0.39 is 10.0 Å². The molecule has 1 aromatic rings. The van der Waals surface area contributed by atoms with E-state index in [1.54, 1.807) is 15.2 Å². The molecule has 118 valence electrons. The third-order valence-electron chi connectivity index (χ3n) is 4.68. The molecule has 0 bridgehead atoms. The third-order valence-corrected chi connectivity index (χ3v) is 6.82. The van der Waals surface area contributed by atoms with Gasteiger partial charge in [-0.05, 0) is 38.0 Å². The van der Waals surface area contributed by atoms with Gasteiger partial charge in [-0.3, -0.25) is 4.68 Å². The van der Waals surface area contributed by atoms with E-state index >= 15 is 0 Å². The molecule has 7 heteroatoms. The van der Waals surface area contributed by atoms with Crippen molar-refractivity contribution >= 4 is 21.6 Å². The van der Waals surface area contributed by atoms with Gasteiger partial charge >= 0.3 is 0 Å². The maximum Gasteiger partial charge on any atom is 0.246 e. The molecule has 0 N–H and O–H groups in total. The highest BCUT2D eigenvalue weighted by atomic mass is 35.5. The van der Waals surface area contributed by atoms with E-state index in [0.717, 1.165) is 25.7 Å². The van der Waals surface area contributed by atoms with Gasteiger partial charge in [0.1, 0.15) is 4.90 Å². The zero-order chi connectivity index (χ0) is 14.9. The molecule has 2 aliphatic rings. The Hall–Kier alpha value is -0.590. The second-order valence-corrected chi connectivity index (χ2v) is 8.27. The smallest absolute Gasteiger partial charge is 0.246 e. The summed E-state index contributed by atoms with van der Waals surface area (Å²) in [5.74, 6) is 1.11. The lowest BCUT2D eigenvalue weighted by atomic mass is 9.94. The fourth-order valence-electron chi connectivity index (χ4n) is 3.66. The average Bonchev–Trinajstić information content (AvgIpc) is 3.13. The normalized spacial score (nSPS) is 26.9. The first kappa shape index (κ1) is 15.3. The molecule has 5 nitrogen and oxygen atoms in total. The van der Waals surface area contributed by atoms with E-state index in [2.05, 4.69) is 5.10 Å². The highest BCUT2D eigenvalue weighted by Crippen LogP contribution is 2.39. The number of piperidine rings is 1. The van der Waals surface area contributed by atoms with Crippen LogP contribution in [0.2, 0.25) is 0 Å². The van der Waals surface area contributed by atoms with E-state index in [4.69, 9.17) is 11.6 Å². The maximum absolute atomic E-state index is 12.9. The molecule has 1 aromatic heterocycles. The van der Waals surface area contributed by atoms with E-state index in [1.165, 1.54) is 19.0 Å². The lowest BCUT2D eigenvalue weighted by Gasteiger charge is -2.36. The molecule has 2 atom stereocenters. The van der Waals surface area contributed by atoms with Crippen LogP contribution in [0, 0.1) is 5.92 Å². The molecule has 0 aromatic carbocycles. The van der Waals surface area contributed by atoms with E-state index in [-0.39, 0.29) is 6.04 Å². The number of alkyl halides is 1. The fraction of sp³-hybridized carbons (Fsp3) is 0.786. The quantitative estimate of drug-likeness (QED) is 0.779. The zero-order valence-electron chi connectivity index (χ0n) is 12.1. The molecule has 1 aliphatic carbocycles. The summed E-state index contributed by atoms with van der Waals surface area (Å²) in [5, 5.41) is 4.15. The third kappa shape index (κ3) is 2.98. The van der Waals surface area contributed by atoms with Crippen molar-refractivity contribution in [3.05, 3.63) is 12.4 Å². The van der Waals surface area contributed by atoms with Crippen LogP contribution in [-0.4, -0.2) is 41.0 Å². The minimum Gasteiger partial charge on any atom is -0.271 e. The van der Waals surface area contributed by atoms with Gasteiger partial charge in [-0.25, -0.2) is 8.42 Å². The number of aromatic nitrogens is 2. The van der Waals surface area contributed by atoms with Gasteiger partial charge in [0.25, 0.3) is 0 Å². The number of nitrogens with zero attached hydrogens (tertiary/aromatic N) is 3. The number of sulfonamides is 1. The van der Waals surface area contributed by atoms with Crippen LogP contribution in [-0.2, 0) is 16.6 Å². The number of hydrogen-bond acceptors (Lipinski definition) is 3. The summed E-state index contributed by atoms with van der Waals surface area (Å²) in [7, 11) is -3.40. The largest absolute Gasteiger partial charge is 0.271 e. The Balaban J connectivity index is 1.80. The first-order valence-electron chi connectivity index (χ1n) is 7.73. The van der Waals surface area contributed by atoms with Gasteiger partial charge in [-0.15, -0.1) is 11.6 Å². The van der Waals surface area contributed by atoms with E-state index in [0.29, 0.717) is 29.8 Å². The number of rotatable bonds is 5. The van der Waals surface area contributed by atoms with E-state index in [1.807, 2.05) is 0 Å². The van der Waals surface area contributed by atoms with Crippen LogP contribution < -0.4 is 0 Å². The summed E-state index contributed by atoms with van der Waals surface area (Å²) in [5.41, 5.74) is 0. The second-order valence-electron chi connectivity index (χ2n) is 6.00. The minimum absolute atomic E-state index is 0.204. The van der Waals surface area contributed by atoms with Crippen molar-refractivity contribution in [3.8, 4) is 0 Å². The van der Waals surface area contributed by atoms with Crippen molar-refractivity contribution < 1.29 is 8.42 Å². The lowest BCUT2D eigenvalue weighted by molar-refractivity contribution is 0.202. The summed E-state index contributed by atoms with van der Waals surface area (Å²) in [6, 6.07) is 0.204. The Morgan fingerprint density at radius 1 is 1.29 bits per heavy atom. The molecule has 0 spiro atoms. The molecular weight excluding hydrogens is 310 g/mol. The van der Waals surface area contributed by atoms with E-state index in [9.17, 15) is 8.42 Å². The van der Waals surface area contributed by atoms with Crippen LogP contribution in [0.15, 0.2) is 17.3 Å². The number of hydrogen-bond donors (Lipinski definition) is 0. The molecule has 1 aliphatic heterocycles. The molecular formula is C14H22ClN3O2S. The number of halogens is 1. The molecule has 2 fully saturated rings. The average molecular weight is 332 g/mol. The molecule has 2 heterocycles. The monoisotopic (exact) mass is 331 g/mol. The van der Waals surface area contributed by atoms with Gasteiger partial charge in [0.2, 0.25) is 10.0 Å². The second kappa shape index (κ2) is 6.26.